The molecule has 0 aliphatic carbocycles. The van der Waals surface area contributed by atoms with E-state index in [1.165, 1.54) is 12.1 Å². The van der Waals surface area contributed by atoms with Gasteiger partial charge in [0.25, 0.3) is 0 Å². The van der Waals surface area contributed by atoms with Crippen molar-refractivity contribution in [1.82, 2.24) is 4.98 Å². The predicted octanol–water partition coefficient (Wildman–Crippen LogP) is 3.02. The molecule has 1 heterocycles. The second kappa shape index (κ2) is 6.21. The molecule has 0 radical (unpaired) electrons. The van der Waals surface area contributed by atoms with Crippen LogP contribution in [0, 0.1) is 0 Å². The highest BCUT2D eigenvalue weighted by atomic mass is 19.4. The molecule has 0 spiro atoms. The molecule has 19 heavy (non-hydrogen) atoms. The fourth-order valence-electron chi connectivity index (χ4n) is 1.31. The number of nitrogens with one attached hydrogen (secondary N) is 1. The summed E-state index contributed by atoms with van der Waals surface area (Å²) in [6.45, 7) is 2.30. The molecule has 0 bridgehead atoms. The zero-order chi connectivity index (χ0) is 14.5. The normalized spacial score (nSPS) is 11.8. The SMILES string of the molecule is CCCNc1nc(C(F)(F)F)ccc1C=CC(=O)O. The van der Waals surface area contributed by atoms with Crippen molar-refractivity contribution in [2.75, 3.05) is 11.9 Å². The maximum absolute atomic E-state index is 12.5. The van der Waals surface area contributed by atoms with Crippen LogP contribution in [0.5, 0.6) is 0 Å². The van der Waals surface area contributed by atoms with Crippen LogP contribution in [0.3, 0.4) is 0 Å². The van der Waals surface area contributed by atoms with Gasteiger partial charge in [-0.1, -0.05) is 6.92 Å². The molecular weight excluding hydrogens is 261 g/mol. The maximum atomic E-state index is 12.5. The molecule has 0 aliphatic heterocycles. The standard InChI is InChI=1S/C12H13F3N2O2/c1-2-7-16-11-8(4-6-10(18)19)3-5-9(17-11)12(13,14)15/h3-6H,2,7H2,1H3,(H,16,17)(H,18,19). The number of halogens is 3. The van der Waals surface area contributed by atoms with Gasteiger partial charge in [-0.2, -0.15) is 13.2 Å². The summed E-state index contributed by atoms with van der Waals surface area (Å²) in [5.74, 6) is -1.16. The molecule has 0 saturated carbocycles. The Morgan fingerprint density at radius 2 is 2.16 bits per heavy atom. The molecule has 2 N–H and O–H groups in total. The van der Waals surface area contributed by atoms with Crippen molar-refractivity contribution in [3.05, 3.63) is 29.5 Å². The highest BCUT2D eigenvalue weighted by Crippen LogP contribution is 2.29. The number of rotatable bonds is 5. The molecule has 0 saturated heterocycles. The summed E-state index contributed by atoms with van der Waals surface area (Å²) in [6, 6.07) is 2.01. The first-order valence-electron chi connectivity index (χ1n) is 5.57. The highest BCUT2D eigenvalue weighted by Gasteiger charge is 2.32. The number of alkyl halides is 3. The Kier molecular flexibility index (Phi) is 4.91. The number of nitrogens with zero attached hydrogens (tertiary/aromatic N) is 1. The van der Waals surface area contributed by atoms with E-state index >= 15 is 0 Å². The Morgan fingerprint density at radius 1 is 1.47 bits per heavy atom. The molecule has 7 heteroatoms. The second-order valence-electron chi connectivity index (χ2n) is 3.73. The van der Waals surface area contributed by atoms with Crippen molar-refractivity contribution in [2.24, 2.45) is 0 Å². The van der Waals surface area contributed by atoms with E-state index < -0.39 is 17.8 Å². The van der Waals surface area contributed by atoms with Crippen molar-refractivity contribution in [3.63, 3.8) is 0 Å². The summed E-state index contributed by atoms with van der Waals surface area (Å²) in [4.78, 5) is 13.9. The Labute approximate surface area is 108 Å². The van der Waals surface area contributed by atoms with E-state index in [-0.39, 0.29) is 5.82 Å². The van der Waals surface area contributed by atoms with Gasteiger partial charge in [-0.05, 0) is 24.6 Å². The summed E-state index contributed by atoms with van der Waals surface area (Å²) >= 11 is 0. The molecule has 0 aliphatic rings. The number of pyridine rings is 1. The number of carbonyl (C=O) groups is 1. The fourth-order valence-corrected chi connectivity index (χ4v) is 1.31. The van der Waals surface area contributed by atoms with Crippen LogP contribution in [0.2, 0.25) is 0 Å². The van der Waals surface area contributed by atoms with Gasteiger partial charge in [0.05, 0.1) is 0 Å². The third kappa shape index (κ3) is 4.61. The first-order chi connectivity index (χ1) is 8.84. The average molecular weight is 274 g/mol. The number of aliphatic carboxylic acids is 1. The lowest BCUT2D eigenvalue weighted by molar-refractivity contribution is -0.141. The Morgan fingerprint density at radius 3 is 2.68 bits per heavy atom. The summed E-state index contributed by atoms with van der Waals surface area (Å²) < 4.78 is 37.6. The van der Waals surface area contributed by atoms with E-state index in [2.05, 4.69) is 10.3 Å². The van der Waals surface area contributed by atoms with Crippen LogP contribution in [0.25, 0.3) is 6.08 Å². The van der Waals surface area contributed by atoms with Gasteiger partial charge in [0, 0.05) is 18.2 Å². The van der Waals surface area contributed by atoms with Crippen molar-refractivity contribution in [2.45, 2.75) is 19.5 Å². The summed E-state index contributed by atoms with van der Waals surface area (Å²) in [6.07, 6.45) is -1.77. The van der Waals surface area contributed by atoms with Crippen LogP contribution in [0.1, 0.15) is 24.6 Å². The maximum Gasteiger partial charge on any atom is 0.433 e. The van der Waals surface area contributed by atoms with E-state index in [1.54, 1.807) is 0 Å². The molecule has 1 aromatic heterocycles. The predicted molar refractivity (Wildman–Crippen MR) is 64.7 cm³/mol. The van der Waals surface area contributed by atoms with E-state index in [9.17, 15) is 18.0 Å². The molecule has 0 amide bonds. The minimum absolute atomic E-state index is 0.0224. The first-order valence-corrected chi connectivity index (χ1v) is 5.57. The molecule has 104 valence electrons. The van der Waals surface area contributed by atoms with Crippen molar-refractivity contribution < 1.29 is 23.1 Å². The molecule has 1 rings (SSSR count). The van der Waals surface area contributed by atoms with E-state index in [0.717, 1.165) is 12.1 Å². The average Bonchev–Trinajstić information content (AvgIpc) is 2.32. The molecule has 0 unspecified atom stereocenters. The molecular formula is C12H13F3N2O2. The quantitative estimate of drug-likeness (QED) is 0.810. The van der Waals surface area contributed by atoms with E-state index in [4.69, 9.17) is 5.11 Å². The van der Waals surface area contributed by atoms with Gasteiger partial charge in [0.15, 0.2) is 0 Å². The van der Waals surface area contributed by atoms with Crippen molar-refractivity contribution in [3.8, 4) is 0 Å². The minimum atomic E-state index is -4.53. The van der Waals surface area contributed by atoms with Crippen molar-refractivity contribution in [1.29, 1.82) is 0 Å². The van der Waals surface area contributed by atoms with Gasteiger partial charge in [-0.3, -0.25) is 0 Å². The summed E-state index contributed by atoms with van der Waals surface area (Å²) in [7, 11) is 0. The zero-order valence-electron chi connectivity index (χ0n) is 10.2. The molecule has 4 nitrogen and oxygen atoms in total. The first kappa shape index (κ1) is 15.0. The Hall–Kier alpha value is -2.05. The summed E-state index contributed by atoms with van der Waals surface area (Å²) in [5, 5.41) is 11.3. The van der Waals surface area contributed by atoms with Gasteiger partial charge in [-0.25, -0.2) is 9.78 Å². The third-order valence-electron chi connectivity index (χ3n) is 2.16. The highest BCUT2D eigenvalue weighted by molar-refractivity contribution is 5.86. The second-order valence-corrected chi connectivity index (χ2v) is 3.73. The van der Waals surface area contributed by atoms with Crippen LogP contribution < -0.4 is 5.32 Å². The van der Waals surface area contributed by atoms with E-state index in [1.807, 2.05) is 6.92 Å². The smallest absolute Gasteiger partial charge is 0.433 e. The Bertz CT molecular complexity index is 484. The lowest BCUT2D eigenvalue weighted by atomic mass is 10.2. The van der Waals surface area contributed by atoms with Crippen LogP contribution in [0.4, 0.5) is 19.0 Å². The molecule has 1 aromatic rings. The number of hydrogen-bond acceptors (Lipinski definition) is 3. The molecule has 0 atom stereocenters. The van der Waals surface area contributed by atoms with Gasteiger partial charge in [-0.15, -0.1) is 0 Å². The number of carboxylic acid groups (broad SMARTS) is 1. The van der Waals surface area contributed by atoms with Crippen LogP contribution in [-0.2, 0) is 11.0 Å². The monoisotopic (exact) mass is 274 g/mol. The van der Waals surface area contributed by atoms with Crippen molar-refractivity contribution >= 4 is 17.9 Å². The van der Waals surface area contributed by atoms with Gasteiger partial charge < -0.3 is 10.4 Å². The number of aromatic nitrogens is 1. The zero-order valence-corrected chi connectivity index (χ0v) is 10.2. The largest absolute Gasteiger partial charge is 0.478 e. The number of anilines is 1. The van der Waals surface area contributed by atoms with Gasteiger partial charge in [0.2, 0.25) is 0 Å². The minimum Gasteiger partial charge on any atom is -0.478 e. The molecule has 0 fully saturated rings. The van der Waals surface area contributed by atoms with Crippen LogP contribution >= 0.6 is 0 Å². The Balaban J connectivity index is 3.12. The number of carboxylic acids is 1. The van der Waals surface area contributed by atoms with Gasteiger partial charge in [0.1, 0.15) is 11.5 Å². The summed E-state index contributed by atoms with van der Waals surface area (Å²) in [5.41, 5.74) is -0.720. The lowest BCUT2D eigenvalue weighted by Gasteiger charge is -2.11. The van der Waals surface area contributed by atoms with Crippen LogP contribution in [-0.4, -0.2) is 22.6 Å². The third-order valence-corrected chi connectivity index (χ3v) is 2.16. The fraction of sp³-hybridized carbons (Fsp3) is 0.333. The topological polar surface area (TPSA) is 62.2 Å². The van der Waals surface area contributed by atoms with Crippen LogP contribution in [0.15, 0.2) is 18.2 Å². The molecule has 0 aromatic carbocycles. The number of hydrogen-bond donors (Lipinski definition) is 2. The lowest BCUT2D eigenvalue weighted by Crippen LogP contribution is -2.11. The van der Waals surface area contributed by atoms with Gasteiger partial charge >= 0.3 is 12.1 Å². The van der Waals surface area contributed by atoms with E-state index in [0.29, 0.717) is 18.5 Å².